The Morgan fingerprint density at radius 3 is 2.23 bits per heavy atom. The molecule has 0 aromatic heterocycles. The minimum absolute atomic E-state index is 0.0174. The van der Waals surface area contributed by atoms with Crippen molar-refractivity contribution in [2.75, 3.05) is 13.1 Å². The maximum atomic E-state index is 12.8. The van der Waals surface area contributed by atoms with E-state index in [2.05, 4.69) is 4.90 Å². The van der Waals surface area contributed by atoms with Gasteiger partial charge < -0.3 is 10.5 Å². The molecule has 22 heavy (non-hydrogen) atoms. The Bertz CT molecular complexity index is 427. The van der Waals surface area contributed by atoms with E-state index in [0.717, 1.165) is 45.2 Å². The standard InChI is InChI=1S/C18H32N2O2/c1-16(2,3)22-15(21)17-7-9-18(19,10-8-17)14(13-17)20-11-5-4-6-12-20/h14H,4-13,19H2,1-3H3. The van der Waals surface area contributed by atoms with Gasteiger partial charge in [0.05, 0.1) is 5.41 Å². The van der Waals surface area contributed by atoms with E-state index >= 15 is 0 Å². The molecule has 2 bridgehead atoms. The predicted molar refractivity (Wildman–Crippen MR) is 87.5 cm³/mol. The first kappa shape index (κ1) is 16.3. The second-order valence-corrected chi connectivity index (χ2v) is 8.83. The van der Waals surface area contributed by atoms with Crippen LogP contribution >= 0.6 is 0 Å². The van der Waals surface area contributed by atoms with Crippen LogP contribution in [0, 0.1) is 5.41 Å². The molecule has 0 aromatic carbocycles. The Morgan fingerprint density at radius 1 is 1.09 bits per heavy atom. The molecule has 1 unspecified atom stereocenters. The molecule has 3 aliphatic carbocycles. The molecule has 1 atom stereocenters. The Morgan fingerprint density at radius 2 is 1.68 bits per heavy atom. The van der Waals surface area contributed by atoms with Gasteiger partial charge in [-0.05, 0) is 78.8 Å². The van der Waals surface area contributed by atoms with Gasteiger partial charge in [0.1, 0.15) is 5.60 Å². The highest BCUT2D eigenvalue weighted by Crippen LogP contribution is 2.54. The minimum atomic E-state index is -0.402. The molecular formula is C18H32N2O2. The fourth-order valence-electron chi connectivity index (χ4n) is 4.70. The van der Waals surface area contributed by atoms with Crippen molar-refractivity contribution in [3.63, 3.8) is 0 Å². The van der Waals surface area contributed by atoms with Gasteiger partial charge in [-0.1, -0.05) is 6.42 Å². The van der Waals surface area contributed by atoms with Gasteiger partial charge in [0.15, 0.2) is 0 Å². The average molecular weight is 308 g/mol. The van der Waals surface area contributed by atoms with Crippen molar-refractivity contribution in [2.45, 2.75) is 89.3 Å². The van der Waals surface area contributed by atoms with E-state index in [4.69, 9.17) is 10.5 Å². The van der Waals surface area contributed by atoms with Crippen LogP contribution in [0.25, 0.3) is 0 Å². The van der Waals surface area contributed by atoms with Gasteiger partial charge in [-0.15, -0.1) is 0 Å². The van der Waals surface area contributed by atoms with Crippen LogP contribution in [0.1, 0.15) is 72.1 Å². The van der Waals surface area contributed by atoms with Gasteiger partial charge in [-0.25, -0.2) is 0 Å². The summed E-state index contributed by atoms with van der Waals surface area (Å²) in [7, 11) is 0. The van der Waals surface area contributed by atoms with Crippen molar-refractivity contribution in [3.8, 4) is 0 Å². The quantitative estimate of drug-likeness (QED) is 0.797. The normalized spacial score (nSPS) is 39.7. The molecule has 2 N–H and O–H groups in total. The lowest BCUT2D eigenvalue weighted by Gasteiger charge is -2.58. The predicted octanol–water partition coefficient (Wildman–Crippen LogP) is 2.84. The molecule has 0 radical (unpaired) electrons. The van der Waals surface area contributed by atoms with Crippen LogP contribution in [-0.2, 0) is 9.53 Å². The average Bonchev–Trinajstić information content (AvgIpc) is 2.47. The second kappa shape index (κ2) is 5.48. The topological polar surface area (TPSA) is 55.6 Å². The number of likely N-dealkylation sites (tertiary alicyclic amines) is 1. The van der Waals surface area contributed by atoms with Crippen LogP contribution in [0.2, 0.25) is 0 Å². The summed E-state index contributed by atoms with van der Waals surface area (Å²) in [6.07, 6.45) is 8.51. The monoisotopic (exact) mass is 308 g/mol. The van der Waals surface area contributed by atoms with Crippen LogP contribution in [0.5, 0.6) is 0 Å². The number of ether oxygens (including phenoxy) is 1. The number of esters is 1. The Hall–Kier alpha value is -0.610. The SMILES string of the molecule is CC(C)(C)OC(=O)C12CCC(N)(CC1)C(N1CCCCC1)C2. The Kier molecular flexibility index (Phi) is 4.05. The van der Waals surface area contributed by atoms with E-state index in [1.165, 1.54) is 19.3 Å². The van der Waals surface area contributed by atoms with Crippen molar-refractivity contribution in [1.82, 2.24) is 4.90 Å². The van der Waals surface area contributed by atoms with Gasteiger partial charge in [-0.3, -0.25) is 9.69 Å². The van der Waals surface area contributed by atoms with Crippen LogP contribution in [0.3, 0.4) is 0 Å². The molecular weight excluding hydrogens is 276 g/mol. The highest BCUT2D eigenvalue weighted by molar-refractivity contribution is 5.78. The highest BCUT2D eigenvalue weighted by atomic mass is 16.6. The van der Waals surface area contributed by atoms with Crippen LogP contribution in [0.4, 0.5) is 0 Å². The molecule has 0 aromatic rings. The molecule has 4 fully saturated rings. The summed E-state index contributed by atoms with van der Waals surface area (Å²) in [6.45, 7) is 8.18. The summed E-state index contributed by atoms with van der Waals surface area (Å²) >= 11 is 0. The first-order valence-electron chi connectivity index (χ1n) is 9.01. The number of hydrogen-bond donors (Lipinski definition) is 1. The Balaban J connectivity index is 1.78. The molecule has 4 heteroatoms. The molecule has 1 saturated heterocycles. The number of piperidine rings is 1. The summed E-state index contributed by atoms with van der Waals surface area (Å²) in [5.41, 5.74) is 6.00. The number of hydrogen-bond acceptors (Lipinski definition) is 4. The molecule has 0 spiro atoms. The summed E-state index contributed by atoms with van der Waals surface area (Å²) in [5.74, 6) is 0.0174. The third-order valence-corrected chi connectivity index (χ3v) is 6.05. The second-order valence-electron chi connectivity index (χ2n) is 8.83. The van der Waals surface area contributed by atoms with E-state index in [1.54, 1.807) is 0 Å². The van der Waals surface area contributed by atoms with E-state index < -0.39 is 5.60 Å². The fraction of sp³-hybridized carbons (Fsp3) is 0.944. The molecule has 1 aliphatic heterocycles. The van der Waals surface area contributed by atoms with E-state index in [0.29, 0.717) is 6.04 Å². The van der Waals surface area contributed by atoms with Crippen molar-refractivity contribution in [2.24, 2.45) is 11.1 Å². The first-order valence-corrected chi connectivity index (χ1v) is 9.01. The lowest BCUT2D eigenvalue weighted by Crippen LogP contribution is -2.68. The summed E-state index contributed by atoms with van der Waals surface area (Å²) in [4.78, 5) is 15.4. The zero-order valence-electron chi connectivity index (χ0n) is 14.5. The number of carbonyl (C=O) groups is 1. The maximum Gasteiger partial charge on any atom is 0.312 e. The van der Waals surface area contributed by atoms with Crippen LogP contribution < -0.4 is 5.73 Å². The lowest BCUT2D eigenvalue weighted by molar-refractivity contribution is -0.179. The highest BCUT2D eigenvalue weighted by Gasteiger charge is 2.58. The van der Waals surface area contributed by atoms with Crippen LogP contribution in [-0.4, -0.2) is 41.1 Å². The van der Waals surface area contributed by atoms with Crippen molar-refractivity contribution in [1.29, 1.82) is 0 Å². The molecule has 126 valence electrons. The van der Waals surface area contributed by atoms with E-state index in [9.17, 15) is 4.79 Å². The number of carbonyl (C=O) groups excluding carboxylic acids is 1. The molecule has 4 nitrogen and oxygen atoms in total. The Labute approximate surface area is 134 Å². The minimum Gasteiger partial charge on any atom is -0.460 e. The third kappa shape index (κ3) is 2.92. The van der Waals surface area contributed by atoms with Gasteiger partial charge >= 0.3 is 5.97 Å². The van der Waals surface area contributed by atoms with E-state index in [-0.39, 0.29) is 16.9 Å². The molecule has 3 saturated carbocycles. The van der Waals surface area contributed by atoms with Gasteiger partial charge in [0, 0.05) is 11.6 Å². The lowest BCUT2D eigenvalue weighted by atomic mass is 9.55. The summed E-state index contributed by atoms with van der Waals surface area (Å²) in [6, 6.07) is 0.364. The fourth-order valence-corrected chi connectivity index (χ4v) is 4.70. The van der Waals surface area contributed by atoms with Crippen molar-refractivity contribution in [3.05, 3.63) is 0 Å². The van der Waals surface area contributed by atoms with E-state index in [1.807, 2.05) is 20.8 Å². The molecule has 1 heterocycles. The van der Waals surface area contributed by atoms with Gasteiger partial charge in [-0.2, -0.15) is 0 Å². The first-order chi connectivity index (χ1) is 10.2. The van der Waals surface area contributed by atoms with Gasteiger partial charge in [0.25, 0.3) is 0 Å². The summed E-state index contributed by atoms with van der Waals surface area (Å²) < 4.78 is 5.77. The zero-order chi connectivity index (χ0) is 16.0. The third-order valence-electron chi connectivity index (χ3n) is 6.05. The van der Waals surface area contributed by atoms with Gasteiger partial charge in [0.2, 0.25) is 0 Å². The van der Waals surface area contributed by atoms with Crippen LogP contribution in [0.15, 0.2) is 0 Å². The maximum absolute atomic E-state index is 12.8. The number of rotatable bonds is 2. The number of nitrogens with zero attached hydrogens (tertiary/aromatic N) is 1. The zero-order valence-corrected chi connectivity index (χ0v) is 14.5. The van der Waals surface area contributed by atoms with Crippen molar-refractivity contribution >= 4 is 5.97 Å². The molecule has 4 aliphatic rings. The largest absolute Gasteiger partial charge is 0.460 e. The molecule has 0 amide bonds. The smallest absolute Gasteiger partial charge is 0.312 e. The molecule has 4 rings (SSSR count). The number of nitrogens with two attached hydrogens (primary N) is 1. The number of fused-ring (bicyclic) bond motifs is 3. The summed E-state index contributed by atoms with van der Waals surface area (Å²) in [5, 5.41) is 0. The van der Waals surface area contributed by atoms with Crippen molar-refractivity contribution < 1.29 is 9.53 Å².